The largest absolute Gasteiger partial charge is 0.203 e. The van der Waals surface area contributed by atoms with E-state index in [0.29, 0.717) is 5.56 Å². The minimum absolute atomic E-state index is 0.432. The van der Waals surface area contributed by atoms with Gasteiger partial charge in [-0.05, 0) is 50.2 Å². The van der Waals surface area contributed by atoms with Crippen LogP contribution in [-0.4, -0.2) is 0 Å². The Labute approximate surface area is 160 Å². The number of hydrogen-bond acceptors (Lipinski definition) is 0. The van der Waals surface area contributed by atoms with Gasteiger partial charge in [-0.1, -0.05) is 41.4 Å². The molecule has 0 nitrogen and oxygen atoms in total. The van der Waals surface area contributed by atoms with Crippen LogP contribution in [0, 0.1) is 60.8 Å². The average Bonchev–Trinajstić information content (AvgIpc) is 2.71. The molecule has 0 atom stereocenters. The maximum Gasteiger partial charge on any atom is 0.177 e. The number of hydrogen-bond donors (Lipinski definition) is 0. The van der Waals surface area contributed by atoms with Gasteiger partial charge < -0.3 is 0 Å². The summed E-state index contributed by atoms with van der Waals surface area (Å²) >= 11 is 0. The lowest BCUT2D eigenvalue weighted by Gasteiger charge is -2.04. The fourth-order valence-electron chi connectivity index (χ4n) is 2.40. The van der Waals surface area contributed by atoms with E-state index in [0.717, 1.165) is 23.6 Å². The van der Waals surface area contributed by atoms with Gasteiger partial charge in [-0.15, -0.1) is 0 Å². The van der Waals surface area contributed by atoms with Gasteiger partial charge in [-0.25, -0.2) is 17.6 Å². The van der Waals surface area contributed by atoms with Gasteiger partial charge in [0, 0.05) is 22.3 Å². The van der Waals surface area contributed by atoms with Gasteiger partial charge in [-0.3, -0.25) is 0 Å². The predicted molar refractivity (Wildman–Crippen MR) is 101 cm³/mol. The lowest BCUT2D eigenvalue weighted by atomic mass is 10.1. The van der Waals surface area contributed by atoms with Crippen molar-refractivity contribution >= 4 is 0 Å². The molecular formula is C24H14F4. The number of halogens is 4. The second kappa shape index (κ2) is 8.03. The third-order valence-electron chi connectivity index (χ3n) is 4.10. The number of rotatable bonds is 0. The molecule has 0 saturated heterocycles. The molecule has 0 aliphatic heterocycles. The summed E-state index contributed by atoms with van der Waals surface area (Å²) < 4.78 is 54.9. The second-order valence-corrected chi connectivity index (χ2v) is 6.20. The van der Waals surface area contributed by atoms with Gasteiger partial charge in [-0.2, -0.15) is 0 Å². The molecule has 3 aromatic rings. The van der Waals surface area contributed by atoms with Crippen LogP contribution in [0.5, 0.6) is 0 Å². The molecule has 0 N–H and O–H groups in total. The second-order valence-electron chi connectivity index (χ2n) is 6.20. The van der Waals surface area contributed by atoms with E-state index in [1.54, 1.807) is 24.3 Å². The van der Waals surface area contributed by atoms with Crippen molar-refractivity contribution in [2.24, 2.45) is 0 Å². The molecule has 0 radical (unpaired) electrons. The quantitative estimate of drug-likeness (QED) is 0.269. The van der Waals surface area contributed by atoms with Gasteiger partial charge >= 0.3 is 0 Å². The first kappa shape index (κ1) is 19.3. The number of benzene rings is 3. The SMILES string of the molecule is Cc1ccc(C#Cc2ccc(C#Cc3c(F)c(F)c(C)c(F)c3F)cc2)cc1. The lowest BCUT2D eigenvalue weighted by molar-refractivity contribution is 0.442. The molecule has 3 aromatic carbocycles. The van der Waals surface area contributed by atoms with Crippen LogP contribution >= 0.6 is 0 Å². The van der Waals surface area contributed by atoms with Crippen molar-refractivity contribution in [1.29, 1.82) is 0 Å². The summed E-state index contributed by atoms with van der Waals surface area (Å²) in [5, 5.41) is 0. The van der Waals surface area contributed by atoms with Crippen LogP contribution < -0.4 is 0 Å². The van der Waals surface area contributed by atoms with Gasteiger partial charge in [0.25, 0.3) is 0 Å². The summed E-state index contributed by atoms with van der Waals surface area (Å²) in [6.07, 6.45) is 0. The maximum atomic E-state index is 13.9. The van der Waals surface area contributed by atoms with Gasteiger partial charge in [0.15, 0.2) is 23.3 Å². The highest BCUT2D eigenvalue weighted by Crippen LogP contribution is 2.22. The summed E-state index contributed by atoms with van der Waals surface area (Å²) in [5.74, 6) is 4.85. The van der Waals surface area contributed by atoms with E-state index >= 15 is 0 Å². The fourth-order valence-corrected chi connectivity index (χ4v) is 2.40. The topological polar surface area (TPSA) is 0 Å². The molecule has 0 fully saturated rings. The van der Waals surface area contributed by atoms with Crippen LogP contribution in [-0.2, 0) is 0 Å². The molecule has 0 amide bonds. The Morgan fingerprint density at radius 3 is 1.29 bits per heavy atom. The smallest absolute Gasteiger partial charge is 0.177 e. The molecule has 0 spiro atoms. The lowest BCUT2D eigenvalue weighted by Crippen LogP contribution is -2.03. The highest BCUT2D eigenvalue weighted by atomic mass is 19.2. The third-order valence-corrected chi connectivity index (χ3v) is 4.10. The van der Waals surface area contributed by atoms with Crippen LogP contribution in [0.15, 0.2) is 48.5 Å². The summed E-state index contributed by atoms with van der Waals surface area (Å²) in [7, 11) is 0. The Hall–Kier alpha value is -3.50. The molecule has 0 aliphatic carbocycles. The molecule has 0 aromatic heterocycles. The first-order valence-corrected chi connectivity index (χ1v) is 8.40. The van der Waals surface area contributed by atoms with E-state index in [1.807, 2.05) is 31.2 Å². The molecule has 4 heteroatoms. The zero-order valence-electron chi connectivity index (χ0n) is 15.1. The highest BCUT2D eigenvalue weighted by Gasteiger charge is 2.21. The zero-order chi connectivity index (χ0) is 20.3. The van der Waals surface area contributed by atoms with Gasteiger partial charge in [0.2, 0.25) is 0 Å². The van der Waals surface area contributed by atoms with Gasteiger partial charge in [0.1, 0.15) is 5.56 Å². The maximum absolute atomic E-state index is 13.9. The van der Waals surface area contributed by atoms with Crippen LogP contribution in [0.3, 0.4) is 0 Å². The van der Waals surface area contributed by atoms with Crippen molar-refractivity contribution in [3.63, 3.8) is 0 Å². The Morgan fingerprint density at radius 1 is 0.500 bits per heavy atom. The van der Waals surface area contributed by atoms with E-state index in [9.17, 15) is 17.6 Å². The van der Waals surface area contributed by atoms with E-state index in [1.165, 1.54) is 0 Å². The summed E-state index contributed by atoms with van der Waals surface area (Å²) in [5.41, 5.74) is 1.55. The highest BCUT2D eigenvalue weighted by molar-refractivity contribution is 5.49. The molecule has 0 aliphatic rings. The molecule has 138 valence electrons. The first-order chi connectivity index (χ1) is 13.4. The molecule has 0 bridgehead atoms. The minimum Gasteiger partial charge on any atom is -0.203 e. The summed E-state index contributed by atoms with van der Waals surface area (Å²) in [4.78, 5) is 0. The monoisotopic (exact) mass is 378 g/mol. The van der Waals surface area contributed by atoms with Crippen molar-refractivity contribution in [2.75, 3.05) is 0 Å². The molecule has 0 saturated carbocycles. The van der Waals surface area contributed by atoms with E-state index in [2.05, 4.69) is 23.7 Å². The summed E-state index contributed by atoms with van der Waals surface area (Å²) in [6.45, 7) is 2.96. The zero-order valence-corrected chi connectivity index (χ0v) is 15.1. The predicted octanol–water partition coefficient (Wildman–Crippen LogP) is 5.66. The molecule has 0 unspecified atom stereocenters. The molecule has 28 heavy (non-hydrogen) atoms. The van der Waals surface area contributed by atoms with Crippen molar-refractivity contribution < 1.29 is 17.6 Å². The summed E-state index contributed by atoms with van der Waals surface area (Å²) in [6, 6.07) is 14.4. The van der Waals surface area contributed by atoms with E-state index in [4.69, 9.17) is 0 Å². The number of aryl methyl sites for hydroxylation is 1. The third kappa shape index (κ3) is 4.08. The molecular weight excluding hydrogens is 364 g/mol. The van der Waals surface area contributed by atoms with E-state index in [-0.39, 0.29) is 0 Å². The normalized spacial score (nSPS) is 9.93. The Balaban J connectivity index is 1.85. The van der Waals surface area contributed by atoms with Crippen LogP contribution in [0.25, 0.3) is 0 Å². The average molecular weight is 378 g/mol. The molecule has 0 heterocycles. The Bertz CT molecular complexity index is 1120. The fraction of sp³-hybridized carbons (Fsp3) is 0.0833. The molecule has 3 rings (SSSR count). The van der Waals surface area contributed by atoms with Gasteiger partial charge in [0.05, 0.1) is 0 Å². The minimum atomic E-state index is -1.50. The standard InChI is InChI=1S/C24H14F4/c1-15-3-5-17(6-4-15)7-8-18-9-11-19(12-10-18)13-14-20-23(27)21(25)16(2)22(26)24(20)28/h3-6,9-12H,1-2H3. The Morgan fingerprint density at radius 2 is 0.857 bits per heavy atom. The van der Waals surface area contributed by atoms with Crippen LogP contribution in [0.4, 0.5) is 17.6 Å². The van der Waals surface area contributed by atoms with Crippen LogP contribution in [0.2, 0.25) is 0 Å². The Kier molecular flexibility index (Phi) is 5.52. The van der Waals surface area contributed by atoms with Crippen LogP contribution in [0.1, 0.15) is 33.4 Å². The van der Waals surface area contributed by atoms with Crippen molar-refractivity contribution in [1.82, 2.24) is 0 Å². The van der Waals surface area contributed by atoms with E-state index < -0.39 is 34.4 Å². The first-order valence-electron chi connectivity index (χ1n) is 8.40. The van der Waals surface area contributed by atoms with Crippen molar-refractivity contribution in [3.8, 4) is 23.7 Å². The van der Waals surface area contributed by atoms with Crippen molar-refractivity contribution in [2.45, 2.75) is 13.8 Å². The van der Waals surface area contributed by atoms with Crippen molar-refractivity contribution in [3.05, 3.63) is 105 Å².